The number of aliphatic hydroxyl groups is 1. The molecule has 0 spiro atoms. The molecule has 0 fully saturated rings. The van der Waals surface area contributed by atoms with E-state index in [0.717, 1.165) is 5.56 Å². The second-order valence-electron chi connectivity index (χ2n) is 5.96. The Bertz CT molecular complexity index is 571. The molecular weight excluding hydrogens is 272 g/mol. The summed E-state index contributed by atoms with van der Waals surface area (Å²) in [5, 5.41) is 13.6. The summed E-state index contributed by atoms with van der Waals surface area (Å²) >= 11 is 0. The summed E-state index contributed by atoms with van der Waals surface area (Å²) in [6.45, 7) is 4.67. The zero-order chi connectivity index (χ0) is 15.9. The Morgan fingerprint density at radius 3 is 2.50 bits per heavy atom. The van der Waals surface area contributed by atoms with Gasteiger partial charge in [-0.1, -0.05) is 60.2 Å². The molecular formula is C19H26N2O. The van der Waals surface area contributed by atoms with Crippen molar-refractivity contribution in [3.8, 4) is 0 Å². The lowest BCUT2D eigenvalue weighted by atomic mass is 10.0. The number of nitrogens with two attached hydrogens (primary N) is 1. The van der Waals surface area contributed by atoms with Gasteiger partial charge in [0.1, 0.15) is 0 Å². The maximum atomic E-state index is 10.2. The number of hydrogen-bond acceptors (Lipinski definition) is 3. The maximum Gasteiger partial charge on any atom is 0.0818 e. The van der Waals surface area contributed by atoms with E-state index in [1.54, 1.807) is 0 Å². The van der Waals surface area contributed by atoms with Crippen LogP contribution < -0.4 is 11.1 Å². The molecule has 0 amide bonds. The minimum atomic E-state index is -0.563. The molecule has 3 atom stereocenters. The summed E-state index contributed by atoms with van der Waals surface area (Å²) in [7, 11) is 0. The monoisotopic (exact) mass is 298 g/mol. The number of hydrogen-bond donors (Lipinski definition) is 3. The van der Waals surface area contributed by atoms with Gasteiger partial charge in [-0.2, -0.15) is 0 Å². The van der Waals surface area contributed by atoms with Gasteiger partial charge in [0.2, 0.25) is 0 Å². The van der Waals surface area contributed by atoms with Gasteiger partial charge >= 0.3 is 0 Å². The highest BCUT2D eigenvalue weighted by molar-refractivity contribution is 5.24. The lowest BCUT2D eigenvalue weighted by Gasteiger charge is -2.22. The van der Waals surface area contributed by atoms with Crippen LogP contribution in [0.1, 0.15) is 29.7 Å². The van der Waals surface area contributed by atoms with Crippen LogP contribution in [0.25, 0.3) is 0 Å². The Morgan fingerprint density at radius 2 is 1.82 bits per heavy atom. The molecule has 0 bridgehead atoms. The normalized spacial score (nSPS) is 15.3. The summed E-state index contributed by atoms with van der Waals surface area (Å²) < 4.78 is 0. The van der Waals surface area contributed by atoms with E-state index >= 15 is 0 Å². The number of aliphatic hydroxyl groups excluding tert-OH is 1. The van der Waals surface area contributed by atoms with Crippen LogP contribution >= 0.6 is 0 Å². The molecule has 1 unspecified atom stereocenters. The number of rotatable bonds is 7. The average molecular weight is 298 g/mol. The van der Waals surface area contributed by atoms with Crippen molar-refractivity contribution in [2.75, 3.05) is 6.54 Å². The second-order valence-corrected chi connectivity index (χ2v) is 5.96. The predicted octanol–water partition coefficient (Wildman–Crippen LogP) is 2.58. The Labute approximate surface area is 133 Å². The quantitative estimate of drug-likeness (QED) is 0.736. The van der Waals surface area contributed by atoms with Crippen molar-refractivity contribution < 1.29 is 5.11 Å². The van der Waals surface area contributed by atoms with Gasteiger partial charge in [-0.3, -0.25) is 0 Å². The van der Waals surface area contributed by atoms with Crippen molar-refractivity contribution >= 4 is 0 Å². The molecule has 2 aromatic rings. The highest BCUT2D eigenvalue weighted by atomic mass is 16.3. The van der Waals surface area contributed by atoms with Crippen LogP contribution in [0.5, 0.6) is 0 Å². The van der Waals surface area contributed by atoms with E-state index in [4.69, 9.17) is 5.73 Å². The van der Waals surface area contributed by atoms with Crippen molar-refractivity contribution in [3.05, 3.63) is 71.3 Å². The lowest BCUT2D eigenvalue weighted by Crippen LogP contribution is -2.43. The number of benzene rings is 2. The molecule has 0 aromatic heterocycles. The molecule has 0 aliphatic rings. The fourth-order valence-electron chi connectivity index (χ4n) is 2.53. The smallest absolute Gasteiger partial charge is 0.0818 e. The lowest BCUT2D eigenvalue weighted by molar-refractivity contribution is 0.138. The molecule has 2 rings (SSSR count). The SMILES string of the molecule is Cc1cccc(C(C)NC[C@@H](O)[C@@H](N)Cc2ccccc2)c1. The molecule has 3 nitrogen and oxygen atoms in total. The summed E-state index contributed by atoms with van der Waals surface area (Å²) in [6, 6.07) is 18.4. The number of aryl methyl sites for hydroxylation is 1. The van der Waals surface area contributed by atoms with Gasteiger partial charge in [-0.05, 0) is 31.4 Å². The first-order valence-electron chi connectivity index (χ1n) is 7.84. The molecule has 22 heavy (non-hydrogen) atoms. The average Bonchev–Trinajstić information content (AvgIpc) is 2.53. The Morgan fingerprint density at radius 1 is 1.09 bits per heavy atom. The van der Waals surface area contributed by atoms with Crippen molar-refractivity contribution in [1.82, 2.24) is 5.32 Å². The molecule has 2 aromatic carbocycles. The Balaban J connectivity index is 1.82. The van der Waals surface area contributed by atoms with E-state index in [9.17, 15) is 5.11 Å². The van der Waals surface area contributed by atoms with Gasteiger partial charge in [0.15, 0.2) is 0 Å². The molecule has 0 aliphatic heterocycles. The summed E-state index contributed by atoms with van der Waals surface area (Å²) in [6.07, 6.45) is 0.121. The van der Waals surface area contributed by atoms with Gasteiger partial charge < -0.3 is 16.2 Å². The van der Waals surface area contributed by atoms with E-state index in [2.05, 4.69) is 43.4 Å². The maximum absolute atomic E-state index is 10.2. The van der Waals surface area contributed by atoms with Gasteiger partial charge in [-0.15, -0.1) is 0 Å². The highest BCUT2D eigenvalue weighted by Gasteiger charge is 2.16. The molecule has 0 heterocycles. The molecule has 0 radical (unpaired) electrons. The third-order valence-corrected chi connectivity index (χ3v) is 3.98. The van der Waals surface area contributed by atoms with Crippen molar-refractivity contribution in [1.29, 1.82) is 0 Å². The highest BCUT2D eigenvalue weighted by Crippen LogP contribution is 2.14. The standard InChI is InChI=1S/C19H26N2O/c1-14-7-6-10-17(11-14)15(2)21-13-19(22)18(20)12-16-8-4-3-5-9-16/h3-11,15,18-19,21-22H,12-13,20H2,1-2H3/t15?,18-,19+/m0/s1. The van der Waals surface area contributed by atoms with Crippen LogP contribution in [-0.4, -0.2) is 23.8 Å². The van der Waals surface area contributed by atoms with Crippen LogP contribution in [-0.2, 0) is 6.42 Å². The van der Waals surface area contributed by atoms with Crippen LogP contribution in [0, 0.1) is 6.92 Å². The zero-order valence-electron chi connectivity index (χ0n) is 13.4. The topological polar surface area (TPSA) is 58.3 Å². The predicted molar refractivity (Wildman–Crippen MR) is 91.7 cm³/mol. The first-order chi connectivity index (χ1) is 10.6. The number of nitrogens with one attached hydrogen (secondary N) is 1. The molecule has 118 valence electrons. The summed E-state index contributed by atoms with van der Waals surface area (Å²) in [4.78, 5) is 0. The van der Waals surface area contributed by atoms with E-state index < -0.39 is 6.10 Å². The van der Waals surface area contributed by atoms with E-state index in [1.807, 2.05) is 30.3 Å². The van der Waals surface area contributed by atoms with Crippen LogP contribution in [0.4, 0.5) is 0 Å². The fourth-order valence-corrected chi connectivity index (χ4v) is 2.53. The van der Waals surface area contributed by atoms with E-state index in [0.29, 0.717) is 13.0 Å². The Kier molecular flexibility index (Phi) is 6.13. The fraction of sp³-hybridized carbons (Fsp3) is 0.368. The largest absolute Gasteiger partial charge is 0.390 e. The summed E-state index contributed by atoms with van der Waals surface area (Å²) in [5.41, 5.74) is 9.73. The third-order valence-electron chi connectivity index (χ3n) is 3.98. The molecule has 3 heteroatoms. The second kappa shape index (κ2) is 8.08. The first-order valence-corrected chi connectivity index (χ1v) is 7.84. The van der Waals surface area contributed by atoms with E-state index in [-0.39, 0.29) is 12.1 Å². The Hall–Kier alpha value is -1.68. The first kappa shape index (κ1) is 16.7. The van der Waals surface area contributed by atoms with Crippen molar-refractivity contribution in [2.24, 2.45) is 5.73 Å². The van der Waals surface area contributed by atoms with Gasteiger partial charge in [-0.25, -0.2) is 0 Å². The minimum absolute atomic E-state index is 0.193. The van der Waals surface area contributed by atoms with E-state index in [1.165, 1.54) is 11.1 Å². The van der Waals surface area contributed by atoms with Gasteiger partial charge in [0, 0.05) is 18.6 Å². The van der Waals surface area contributed by atoms with Crippen molar-refractivity contribution in [3.63, 3.8) is 0 Å². The molecule has 0 saturated carbocycles. The molecule has 4 N–H and O–H groups in total. The van der Waals surface area contributed by atoms with Crippen LogP contribution in [0.15, 0.2) is 54.6 Å². The van der Waals surface area contributed by atoms with Gasteiger partial charge in [0.05, 0.1) is 6.10 Å². The minimum Gasteiger partial charge on any atom is -0.390 e. The van der Waals surface area contributed by atoms with Crippen LogP contribution in [0.3, 0.4) is 0 Å². The third kappa shape index (κ3) is 4.95. The zero-order valence-corrected chi connectivity index (χ0v) is 13.4. The molecule has 0 aliphatic carbocycles. The van der Waals surface area contributed by atoms with Gasteiger partial charge in [0.25, 0.3) is 0 Å². The summed E-state index contributed by atoms with van der Waals surface area (Å²) in [5.74, 6) is 0. The molecule has 0 saturated heterocycles. The van der Waals surface area contributed by atoms with Crippen molar-refractivity contribution in [2.45, 2.75) is 38.5 Å². The van der Waals surface area contributed by atoms with Crippen LogP contribution in [0.2, 0.25) is 0 Å².